The molecule has 16 heavy (non-hydrogen) atoms. The van der Waals surface area contributed by atoms with E-state index in [9.17, 15) is 0 Å². The van der Waals surface area contributed by atoms with Crippen LogP contribution in [0.5, 0.6) is 0 Å². The van der Waals surface area contributed by atoms with Gasteiger partial charge < -0.3 is 10.4 Å². The Labute approximate surface area is 96.1 Å². The highest BCUT2D eigenvalue weighted by molar-refractivity contribution is 5.34. The highest BCUT2D eigenvalue weighted by atomic mass is 16.3. The van der Waals surface area contributed by atoms with Gasteiger partial charge in [-0.05, 0) is 24.8 Å². The lowest BCUT2D eigenvalue weighted by molar-refractivity contribution is 0.271. The third-order valence-corrected chi connectivity index (χ3v) is 3.29. The molecule has 1 heterocycles. The summed E-state index contributed by atoms with van der Waals surface area (Å²) in [6, 6.07) is 2.37. The van der Waals surface area contributed by atoms with Crippen molar-refractivity contribution in [3.63, 3.8) is 0 Å². The van der Waals surface area contributed by atoms with Crippen LogP contribution in [0.15, 0.2) is 12.3 Å². The van der Waals surface area contributed by atoms with Gasteiger partial charge in [0.15, 0.2) is 5.82 Å². The molecule has 0 radical (unpaired) electrons. The molecule has 2 atom stereocenters. The second kappa shape index (κ2) is 5.25. The second-order valence-electron chi connectivity index (χ2n) is 4.53. The van der Waals surface area contributed by atoms with Crippen LogP contribution in [0.3, 0.4) is 0 Å². The highest BCUT2D eigenvalue weighted by Gasteiger charge is 2.21. The molecule has 4 heteroatoms. The number of hydrogen-bond acceptors (Lipinski definition) is 4. The Hall–Kier alpha value is -1.16. The summed E-state index contributed by atoms with van der Waals surface area (Å²) in [4.78, 5) is 8.22. The van der Waals surface area contributed by atoms with E-state index in [0.717, 1.165) is 5.82 Å². The van der Waals surface area contributed by atoms with Crippen LogP contribution in [0.1, 0.15) is 38.4 Å². The highest BCUT2D eigenvalue weighted by Crippen LogP contribution is 2.26. The first kappa shape index (κ1) is 11.3. The Morgan fingerprint density at radius 1 is 1.44 bits per heavy atom. The fraction of sp³-hybridized carbons (Fsp3) is 0.667. The maximum Gasteiger partial charge on any atom is 0.156 e. The van der Waals surface area contributed by atoms with Crippen molar-refractivity contribution in [1.82, 2.24) is 9.97 Å². The van der Waals surface area contributed by atoms with E-state index >= 15 is 0 Å². The maximum absolute atomic E-state index is 8.97. The largest absolute Gasteiger partial charge is 0.388 e. The van der Waals surface area contributed by atoms with Crippen LogP contribution >= 0.6 is 0 Å². The zero-order valence-electron chi connectivity index (χ0n) is 9.69. The third kappa shape index (κ3) is 2.70. The first-order chi connectivity index (χ1) is 7.79. The van der Waals surface area contributed by atoms with Crippen LogP contribution < -0.4 is 5.32 Å². The van der Waals surface area contributed by atoms with Crippen LogP contribution in [-0.4, -0.2) is 21.1 Å². The lowest BCUT2D eigenvalue weighted by Crippen LogP contribution is -2.30. The molecule has 1 aromatic heterocycles. The summed E-state index contributed by atoms with van der Waals surface area (Å²) in [6.07, 6.45) is 6.81. The summed E-state index contributed by atoms with van der Waals surface area (Å²) in [5.74, 6) is 2.01. The van der Waals surface area contributed by atoms with Crippen molar-refractivity contribution >= 4 is 5.82 Å². The van der Waals surface area contributed by atoms with Crippen molar-refractivity contribution in [2.45, 2.75) is 45.3 Å². The molecule has 0 aromatic carbocycles. The Morgan fingerprint density at radius 2 is 2.25 bits per heavy atom. The zero-order valence-corrected chi connectivity index (χ0v) is 9.69. The molecule has 1 aliphatic carbocycles. The predicted molar refractivity (Wildman–Crippen MR) is 63.0 cm³/mol. The molecule has 1 fully saturated rings. The number of nitrogens with one attached hydrogen (secondary N) is 1. The fourth-order valence-corrected chi connectivity index (χ4v) is 2.28. The number of aliphatic hydroxyl groups is 1. The minimum absolute atomic E-state index is 0.101. The van der Waals surface area contributed by atoms with Gasteiger partial charge in [-0.3, -0.25) is 0 Å². The molecule has 88 valence electrons. The minimum Gasteiger partial charge on any atom is -0.388 e. The number of aliphatic hydroxyl groups excluding tert-OH is 1. The van der Waals surface area contributed by atoms with Crippen molar-refractivity contribution in [3.8, 4) is 0 Å². The van der Waals surface area contributed by atoms with Gasteiger partial charge in [0.05, 0.1) is 0 Å². The number of rotatable bonds is 3. The van der Waals surface area contributed by atoms with Crippen LogP contribution in [0.4, 0.5) is 5.82 Å². The summed E-state index contributed by atoms with van der Waals surface area (Å²) in [7, 11) is 0. The van der Waals surface area contributed by atoms with Crippen molar-refractivity contribution in [3.05, 3.63) is 18.1 Å². The Bertz CT molecular complexity index is 343. The smallest absolute Gasteiger partial charge is 0.156 e. The van der Waals surface area contributed by atoms with E-state index in [0.29, 0.717) is 17.8 Å². The summed E-state index contributed by atoms with van der Waals surface area (Å²) in [5, 5.41) is 12.4. The molecule has 1 saturated carbocycles. The first-order valence-electron chi connectivity index (χ1n) is 5.99. The molecule has 0 bridgehead atoms. The summed E-state index contributed by atoms with van der Waals surface area (Å²) < 4.78 is 0. The predicted octanol–water partition coefficient (Wildman–Crippen LogP) is 1.96. The molecule has 0 amide bonds. The molecule has 2 unspecified atom stereocenters. The number of hydrogen-bond donors (Lipinski definition) is 2. The standard InChI is InChI=1S/C12H19N3O/c1-9-4-2-3-5-10(9)14-11-6-7-13-12(8-16)15-11/h6-7,9-10,16H,2-5,8H2,1H3,(H,13,14,15). The van der Waals surface area contributed by atoms with E-state index < -0.39 is 0 Å². The molecule has 0 spiro atoms. The minimum atomic E-state index is -0.101. The Balaban J connectivity index is 2.01. The monoisotopic (exact) mass is 221 g/mol. The SMILES string of the molecule is CC1CCCCC1Nc1ccnc(CO)n1. The first-order valence-corrected chi connectivity index (χ1v) is 5.99. The quantitative estimate of drug-likeness (QED) is 0.819. The lowest BCUT2D eigenvalue weighted by Gasteiger charge is -2.29. The molecule has 1 aliphatic rings. The number of aromatic nitrogens is 2. The van der Waals surface area contributed by atoms with Gasteiger partial charge in [0.25, 0.3) is 0 Å². The average molecular weight is 221 g/mol. The molecule has 0 aliphatic heterocycles. The van der Waals surface area contributed by atoms with Crippen molar-refractivity contribution < 1.29 is 5.11 Å². The number of anilines is 1. The Morgan fingerprint density at radius 3 is 3.00 bits per heavy atom. The van der Waals surface area contributed by atoms with Gasteiger partial charge in [-0.15, -0.1) is 0 Å². The van der Waals surface area contributed by atoms with Crippen LogP contribution in [0.2, 0.25) is 0 Å². The molecule has 0 saturated heterocycles. The van der Waals surface area contributed by atoms with Gasteiger partial charge in [0.2, 0.25) is 0 Å². The van der Waals surface area contributed by atoms with Gasteiger partial charge in [0, 0.05) is 12.2 Å². The van der Waals surface area contributed by atoms with Gasteiger partial charge in [0.1, 0.15) is 12.4 Å². The topological polar surface area (TPSA) is 58.0 Å². The van der Waals surface area contributed by atoms with Crippen molar-refractivity contribution in [2.75, 3.05) is 5.32 Å². The zero-order chi connectivity index (χ0) is 11.4. The third-order valence-electron chi connectivity index (χ3n) is 3.29. The van der Waals surface area contributed by atoms with Gasteiger partial charge in [-0.1, -0.05) is 19.8 Å². The summed E-state index contributed by atoms with van der Waals surface area (Å²) >= 11 is 0. The second-order valence-corrected chi connectivity index (χ2v) is 4.53. The summed E-state index contributed by atoms with van der Waals surface area (Å²) in [6.45, 7) is 2.18. The van der Waals surface area contributed by atoms with E-state index in [2.05, 4.69) is 22.2 Å². The van der Waals surface area contributed by atoms with Crippen LogP contribution in [0.25, 0.3) is 0 Å². The fourth-order valence-electron chi connectivity index (χ4n) is 2.28. The maximum atomic E-state index is 8.97. The van der Waals surface area contributed by atoms with Crippen molar-refractivity contribution in [1.29, 1.82) is 0 Å². The number of nitrogens with zero attached hydrogens (tertiary/aromatic N) is 2. The van der Waals surface area contributed by atoms with E-state index in [-0.39, 0.29) is 6.61 Å². The molecule has 4 nitrogen and oxygen atoms in total. The van der Waals surface area contributed by atoms with E-state index in [4.69, 9.17) is 5.11 Å². The summed E-state index contributed by atoms with van der Waals surface area (Å²) in [5.41, 5.74) is 0. The van der Waals surface area contributed by atoms with E-state index in [1.54, 1.807) is 6.20 Å². The van der Waals surface area contributed by atoms with Gasteiger partial charge >= 0.3 is 0 Å². The van der Waals surface area contributed by atoms with Gasteiger partial charge in [-0.25, -0.2) is 9.97 Å². The van der Waals surface area contributed by atoms with Gasteiger partial charge in [-0.2, -0.15) is 0 Å². The van der Waals surface area contributed by atoms with Crippen LogP contribution in [0, 0.1) is 5.92 Å². The molecule has 2 rings (SSSR count). The lowest BCUT2D eigenvalue weighted by atomic mass is 9.86. The molecular formula is C12H19N3O. The molecular weight excluding hydrogens is 202 g/mol. The molecule has 2 N–H and O–H groups in total. The van der Waals surface area contributed by atoms with E-state index in [1.807, 2.05) is 6.07 Å². The average Bonchev–Trinajstić information content (AvgIpc) is 2.32. The molecule has 1 aromatic rings. The van der Waals surface area contributed by atoms with E-state index in [1.165, 1.54) is 25.7 Å². The van der Waals surface area contributed by atoms with Crippen LogP contribution in [-0.2, 0) is 6.61 Å². The van der Waals surface area contributed by atoms with Crippen molar-refractivity contribution in [2.24, 2.45) is 5.92 Å². The Kier molecular flexibility index (Phi) is 3.72. The normalized spacial score (nSPS) is 25.4.